The van der Waals surface area contributed by atoms with Crippen molar-refractivity contribution >= 4 is 40.6 Å². The minimum Gasteiger partial charge on any atom is -0.323 e. The Morgan fingerprint density at radius 3 is 2.48 bits per heavy atom. The van der Waals surface area contributed by atoms with Crippen molar-refractivity contribution < 1.29 is 9.59 Å². The van der Waals surface area contributed by atoms with Crippen LogP contribution in [0.1, 0.15) is 11.8 Å². The van der Waals surface area contributed by atoms with Gasteiger partial charge in [0.05, 0.1) is 0 Å². The van der Waals surface area contributed by atoms with Gasteiger partial charge < -0.3 is 10.2 Å². The van der Waals surface area contributed by atoms with E-state index in [9.17, 15) is 9.59 Å². The summed E-state index contributed by atoms with van der Waals surface area (Å²) in [4.78, 5) is 25.6. The minimum absolute atomic E-state index is 0.0364. The van der Waals surface area contributed by atoms with E-state index in [4.69, 9.17) is 0 Å². The van der Waals surface area contributed by atoms with Crippen LogP contribution in [-0.4, -0.2) is 18.9 Å². The molecule has 5 heteroatoms. The largest absolute Gasteiger partial charge is 0.323 e. The number of nitrogens with zero attached hydrogens (tertiary/aromatic N) is 1. The van der Waals surface area contributed by atoms with Crippen LogP contribution in [0.25, 0.3) is 6.08 Å². The lowest BCUT2D eigenvalue weighted by Crippen LogP contribution is -2.22. The molecule has 0 bridgehead atoms. The molecule has 0 saturated carbocycles. The Balaban J connectivity index is 1.97. The summed E-state index contributed by atoms with van der Waals surface area (Å²) in [6, 6.07) is 11.0. The van der Waals surface area contributed by atoms with Crippen molar-refractivity contribution in [2.75, 3.05) is 17.3 Å². The highest BCUT2D eigenvalue weighted by Crippen LogP contribution is 2.17. The van der Waals surface area contributed by atoms with Crippen molar-refractivity contribution in [1.29, 1.82) is 0 Å². The highest BCUT2D eigenvalue weighted by Gasteiger charge is 2.05. The molecule has 0 aliphatic heterocycles. The molecule has 1 N–H and O–H groups in total. The summed E-state index contributed by atoms with van der Waals surface area (Å²) in [5.41, 5.74) is 1.48. The number of amides is 2. The fourth-order valence-electron chi connectivity index (χ4n) is 1.68. The lowest BCUT2D eigenvalue weighted by molar-refractivity contribution is -0.116. The van der Waals surface area contributed by atoms with E-state index in [1.807, 2.05) is 17.5 Å². The third-order valence-corrected chi connectivity index (χ3v) is 3.77. The molecule has 0 aliphatic carbocycles. The van der Waals surface area contributed by atoms with Gasteiger partial charge in [0.25, 0.3) is 0 Å². The molecule has 1 aromatic heterocycles. The molecule has 4 nitrogen and oxygen atoms in total. The summed E-state index contributed by atoms with van der Waals surface area (Å²) < 4.78 is 0. The van der Waals surface area contributed by atoms with Crippen molar-refractivity contribution in [3.8, 4) is 0 Å². The van der Waals surface area contributed by atoms with Crippen LogP contribution in [0.3, 0.4) is 0 Å². The van der Waals surface area contributed by atoms with Gasteiger partial charge in [-0.2, -0.15) is 0 Å². The Kier molecular flexibility index (Phi) is 4.90. The summed E-state index contributed by atoms with van der Waals surface area (Å²) in [6.45, 7) is 1.51. The molecule has 0 fully saturated rings. The van der Waals surface area contributed by atoms with Crippen LogP contribution < -0.4 is 10.2 Å². The van der Waals surface area contributed by atoms with Crippen LogP contribution in [0.5, 0.6) is 0 Å². The van der Waals surface area contributed by atoms with E-state index in [0.717, 1.165) is 10.6 Å². The molecule has 0 saturated heterocycles. The minimum atomic E-state index is -0.184. The van der Waals surface area contributed by atoms with Crippen molar-refractivity contribution in [3.63, 3.8) is 0 Å². The van der Waals surface area contributed by atoms with E-state index < -0.39 is 0 Å². The summed E-state index contributed by atoms with van der Waals surface area (Å²) in [6.07, 6.45) is 3.28. The van der Waals surface area contributed by atoms with Gasteiger partial charge in [0.1, 0.15) is 0 Å². The Labute approximate surface area is 127 Å². The third-order valence-electron chi connectivity index (χ3n) is 2.94. The maximum Gasteiger partial charge on any atom is 0.248 e. The van der Waals surface area contributed by atoms with Crippen LogP contribution in [0.2, 0.25) is 0 Å². The Morgan fingerprint density at radius 2 is 1.90 bits per heavy atom. The maximum absolute atomic E-state index is 11.8. The second kappa shape index (κ2) is 6.85. The first-order valence-electron chi connectivity index (χ1n) is 6.43. The van der Waals surface area contributed by atoms with Gasteiger partial charge in [0, 0.05) is 36.3 Å². The standard InChI is InChI=1S/C16H16N2O2S/c1-12(19)18(2)14-7-5-13(6-8-14)17-16(20)10-9-15-4-3-11-21-15/h3-11H,1-2H3,(H,17,20). The Hall–Kier alpha value is -2.40. The fraction of sp³-hybridized carbons (Fsp3) is 0.125. The highest BCUT2D eigenvalue weighted by molar-refractivity contribution is 7.10. The van der Waals surface area contributed by atoms with E-state index >= 15 is 0 Å². The van der Waals surface area contributed by atoms with Crippen LogP contribution in [0.15, 0.2) is 47.9 Å². The average molecular weight is 300 g/mol. The van der Waals surface area contributed by atoms with Crippen LogP contribution >= 0.6 is 11.3 Å². The second-order valence-corrected chi connectivity index (χ2v) is 5.44. The van der Waals surface area contributed by atoms with E-state index in [2.05, 4.69) is 5.32 Å². The van der Waals surface area contributed by atoms with Crippen molar-refractivity contribution in [3.05, 3.63) is 52.7 Å². The first-order valence-corrected chi connectivity index (χ1v) is 7.31. The predicted octanol–water partition coefficient (Wildman–Crippen LogP) is 3.38. The van der Waals surface area contributed by atoms with Crippen molar-refractivity contribution in [2.45, 2.75) is 6.92 Å². The van der Waals surface area contributed by atoms with Gasteiger partial charge >= 0.3 is 0 Å². The quantitative estimate of drug-likeness (QED) is 0.880. The Bertz CT molecular complexity index is 645. The van der Waals surface area contributed by atoms with Gasteiger partial charge in [0.15, 0.2) is 0 Å². The molecule has 2 aromatic rings. The highest BCUT2D eigenvalue weighted by atomic mass is 32.1. The molecule has 0 unspecified atom stereocenters. The van der Waals surface area contributed by atoms with E-state index in [0.29, 0.717) is 5.69 Å². The monoisotopic (exact) mass is 300 g/mol. The molecule has 0 atom stereocenters. The Morgan fingerprint density at radius 1 is 1.19 bits per heavy atom. The first-order chi connectivity index (χ1) is 10.1. The molecule has 0 radical (unpaired) electrons. The fourth-order valence-corrected chi connectivity index (χ4v) is 2.30. The molecule has 2 rings (SSSR count). The number of anilines is 2. The normalized spacial score (nSPS) is 10.6. The summed E-state index contributed by atoms with van der Waals surface area (Å²) >= 11 is 1.57. The third kappa shape index (κ3) is 4.29. The van der Waals surface area contributed by atoms with Crippen LogP contribution in [0, 0.1) is 0 Å². The smallest absolute Gasteiger partial charge is 0.248 e. The molecular weight excluding hydrogens is 284 g/mol. The van der Waals surface area contributed by atoms with Gasteiger partial charge in [-0.05, 0) is 41.8 Å². The van der Waals surface area contributed by atoms with E-state index in [-0.39, 0.29) is 11.8 Å². The van der Waals surface area contributed by atoms with Gasteiger partial charge in [-0.25, -0.2) is 0 Å². The molecule has 0 aliphatic rings. The number of rotatable bonds is 4. The zero-order valence-corrected chi connectivity index (χ0v) is 12.7. The molecule has 1 heterocycles. The molecule has 1 aromatic carbocycles. The summed E-state index contributed by atoms with van der Waals surface area (Å²) in [7, 11) is 1.71. The number of carbonyl (C=O) groups is 2. The molecular formula is C16H16N2O2S. The summed E-state index contributed by atoms with van der Waals surface area (Å²) in [5, 5.41) is 4.74. The summed E-state index contributed by atoms with van der Waals surface area (Å²) in [5.74, 6) is -0.221. The molecule has 2 amide bonds. The molecule has 108 valence electrons. The average Bonchev–Trinajstić information content (AvgIpc) is 2.98. The van der Waals surface area contributed by atoms with Crippen molar-refractivity contribution in [1.82, 2.24) is 0 Å². The number of hydrogen-bond donors (Lipinski definition) is 1. The first kappa shape index (κ1) is 15.0. The van der Waals surface area contributed by atoms with E-state index in [1.165, 1.54) is 13.0 Å². The van der Waals surface area contributed by atoms with Gasteiger partial charge in [-0.3, -0.25) is 9.59 Å². The SMILES string of the molecule is CC(=O)N(C)c1ccc(NC(=O)C=Cc2cccs2)cc1. The van der Waals surface area contributed by atoms with Gasteiger partial charge in [-0.15, -0.1) is 11.3 Å². The number of nitrogens with one attached hydrogen (secondary N) is 1. The number of carbonyl (C=O) groups excluding carboxylic acids is 2. The van der Waals surface area contributed by atoms with Crippen molar-refractivity contribution in [2.24, 2.45) is 0 Å². The number of hydrogen-bond acceptors (Lipinski definition) is 3. The second-order valence-electron chi connectivity index (χ2n) is 4.46. The topological polar surface area (TPSA) is 49.4 Å². The predicted molar refractivity (Wildman–Crippen MR) is 87.5 cm³/mol. The van der Waals surface area contributed by atoms with Gasteiger partial charge in [-0.1, -0.05) is 6.07 Å². The zero-order chi connectivity index (χ0) is 15.2. The number of benzene rings is 1. The lowest BCUT2D eigenvalue weighted by atomic mass is 10.2. The molecule has 0 spiro atoms. The lowest BCUT2D eigenvalue weighted by Gasteiger charge is -2.15. The maximum atomic E-state index is 11.8. The zero-order valence-electron chi connectivity index (χ0n) is 11.9. The van der Waals surface area contributed by atoms with E-state index in [1.54, 1.807) is 53.6 Å². The number of thiophene rings is 1. The molecule has 21 heavy (non-hydrogen) atoms. The van der Waals surface area contributed by atoms with Crippen LogP contribution in [-0.2, 0) is 9.59 Å². The van der Waals surface area contributed by atoms with Crippen LogP contribution in [0.4, 0.5) is 11.4 Å². The van der Waals surface area contributed by atoms with Gasteiger partial charge in [0.2, 0.25) is 11.8 Å².